The van der Waals surface area contributed by atoms with Crippen LogP contribution >= 0.6 is 11.3 Å². The second-order valence-corrected chi connectivity index (χ2v) is 5.17. The van der Waals surface area contributed by atoms with E-state index in [1.54, 1.807) is 23.7 Å². The molecule has 3 aromatic rings. The monoisotopic (exact) mass is 369 g/mol. The molecule has 0 fully saturated rings. The fraction of sp³-hybridized carbons (Fsp3) is 0. The average molecular weight is 371 g/mol. The van der Waals surface area contributed by atoms with E-state index in [0.717, 1.165) is 9.24 Å². The summed E-state index contributed by atoms with van der Waals surface area (Å²) in [6.07, 6.45) is 3.50. The van der Waals surface area contributed by atoms with E-state index in [0.29, 0.717) is 0 Å². The fourth-order valence-corrected chi connectivity index (χ4v) is 2.51. The molecule has 2 heterocycles. The molecule has 0 spiro atoms. The van der Waals surface area contributed by atoms with Gasteiger partial charge < -0.3 is 37.2 Å². The van der Waals surface area contributed by atoms with Crippen LogP contribution in [0.3, 0.4) is 0 Å². The molecule has 0 unspecified atom stereocenters. The number of para-hydroxylation sites is 1. The summed E-state index contributed by atoms with van der Waals surface area (Å²) in [6.45, 7) is 0. The molecule has 0 saturated carbocycles. The number of halogens is 3. The molecule has 2 aromatic heterocycles. The molecule has 99 valence electrons. The zero-order valence-electron chi connectivity index (χ0n) is 9.58. The summed E-state index contributed by atoms with van der Waals surface area (Å²) >= 11 is 4.18. The van der Waals surface area contributed by atoms with Crippen LogP contribution in [0.5, 0.6) is 0 Å². The van der Waals surface area contributed by atoms with Crippen molar-refractivity contribution in [2.45, 2.75) is 0 Å². The van der Waals surface area contributed by atoms with Gasteiger partial charge in [0, 0.05) is 12.4 Å². The van der Waals surface area contributed by atoms with Crippen LogP contribution in [0.4, 0.5) is 0 Å². The molecular formula is C12H9Cl3N2SV. The first kappa shape index (κ1) is 21.0. The van der Waals surface area contributed by atoms with Gasteiger partial charge in [-0.2, -0.15) is 0 Å². The quantitative estimate of drug-likeness (QED) is 0.393. The zero-order chi connectivity index (χ0) is 11.2. The Hall–Kier alpha value is -0.286. The van der Waals surface area contributed by atoms with Crippen molar-refractivity contribution in [3.63, 3.8) is 0 Å². The van der Waals surface area contributed by atoms with Crippen LogP contribution in [-0.4, -0.2) is 9.97 Å². The van der Waals surface area contributed by atoms with Crippen LogP contribution in [0.1, 0.15) is 0 Å². The first-order valence-electron chi connectivity index (χ1n) is 4.76. The van der Waals surface area contributed by atoms with Gasteiger partial charge in [-0.15, -0.1) is 0 Å². The van der Waals surface area contributed by atoms with Gasteiger partial charge >= 0.3 is 71.9 Å². The smallest absolute Gasteiger partial charge is 0.0267 e. The Morgan fingerprint density at radius 1 is 0.842 bits per heavy atom. The molecule has 0 radical (unpaired) electrons. The predicted octanol–water partition coefficient (Wildman–Crippen LogP) is -6.44. The Bertz CT molecular complexity index is 503. The second kappa shape index (κ2) is 11.5. The van der Waals surface area contributed by atoms with Crippen molar-refractivity contribution in [1.29, 1.82) is 0 Å². The minimum atomic E-state index is 0. The first-order chi connectivity index (χ1) is 7.86. The minimum Gasteiger partial charge on any atom is -0.265 e. The molecule has 7 heteroatoms. The van der Waals surface area contributed by atoms with Crippen LogP contribution in [0.15, 0.2) is 54.9 Å². The maximum atomic E-state index is 4.30. The molecule has 0 aliphatic carbocycles. The maximum Gasteiger partial charge on any atom is 0.0267 e. The summed E-state index contributed by atoms with van der Waals surface area (Å²) in [5, 5.41) is 0. The topological polar surface area (TPSA) is 25.8 Å². The van der Waals surface area contributed by atoms with E-state index < -0.39 is 0 Å². The van der Waals surface area contributed by atoms with E-state index in [2.05, 4.69) is 33.5 Å². The van der Waals surface area contributed by atoms with Crippen LogP contribution in [0.25, 0.3) is 10.2 Å². The number of pyridine rings is 1. The number of aromatic nitrogens is 2. The molecular weight excluding hydrogens is 362 g/mol. The summed E-state index contributed by atoms with van der Waals surface area (Å²) in [5.74, 6) is 0. The molecule has 0 aliphatic rings. The fourth-order valence-electron chi connectivity index (χ4n) is 1.17. The van der Waals surface area contributed by atoms with Gasteiger partial charge in [0.25, 0.3) is 0 Å². The standard InChI is InChI=1S/C7H4NS.C5H5N.3ClH.V/c1-2-4-7-6(3-1)8-5-9-7;1-2-4-6-5-3-1;;;;/h1-4H;1-5H;3*1H;/q;;;;;+3/p-3. The van der Waals surface area contributed by atoms with Crippen molar-refractivity contribution in [3.8, 4) is 0 Å². The molecule has 0 saturated heterocycles. The number of rotatable bonds is 0. The third kappa shape index (κ3) is 7.16. The first-order valence-corrected chi connectivity index (χ1v) is 6.27. The van der Waals surface area contributed by atoms with Crippen molar-refractivity contribution in [1.82, 2.24) is 9.97 Å². The van der Waals surface area contributed by atoms with E-state index in [-0.39, 0.29) is 37.2 Å². The van der Waals surface area contributed by atoms with Gasteiger partial charge in [0.2, 0.25) is 0 Å². The Balaban J connectivity index is 0. The van der Waals surface area contributed by atoms with Gasteiger partial charge in [-0.1, -0.05) is 6.07 Å². The SMILES string of the molecule is [Cl-].[Cl-].[Cl-].[V+3][c]1nc2ccccc2s1.c1ccncc1. The average Bonchev–Trinajstić information content (AvgIpc) is 2.72. The van der Waals surface area contributed by atoms with Crippen molar-refractivity contribution in [2.75, 3.05) is 0 Å². The Morgan fingerprint density at radius 3 is 1.95 bits per heavy atom. The van der Waals surface area contributed by atoms with E-state index in [4.69, 9.17) is 0 Å². The van der Waals surface area contributed by atoms with E-state index >= 15 is 0 Å². The van der Waals surface area contributed by atoms with Crippen molar-refractivity contribution in [2.24, 2.45) is 0 Å². The van der Waals surface area contributed by atoms with Crippen LogP contribution < -0.4 is 40.9 Å². The van der Waals surface area contributed by atoms with Gasteiger partial charge in [-0.05, 0) is 12.1 Å². The van der Waals surface area contributed by atoms with Crippen LogP contribution in [0.2, 0.25) is 0 Å². The van der Waals surface area contributed by atoms with Crippen molar-refractivity contribution >= 4 is 25.3 Å². The molecule has 19 heavy (non-hydrogen) atoms. The Kier molecular flexibility index (Phi) is 12.8. The predicted molar refractivity (Wildman–Crippen MR) is 63.5 cm³/mol. The summed E-state index contributed by atoms with van der Waals surface area (Å²) in [7, 11) is 0. The van der Waals surface area contributed by atoms with E-state index in [1.165, 1.54) is 4.70 Å². The van der Waals surface area contributed by atoms with Crippen molar-refractivity contribution in [3.05, 3.63) is 54.9 Å². The molecule has 3 rings (SSSR count). The summed E-state index contributed by atoms with van der Waals surface area (Å²) in [5.41, 5.74) is 1.10. The second-order valence-electron chi connectivity index (χ2n) is 2.99. The third-order valence-corrected chi connectivity index (χ3v) is 3.27. The number of hydrogen-bond donors (Lipinski definition) is 0. The minimum absolute atomic E-state index is 0. The summed E-state index contributed by atoms with van der Waals surface area (Å²) < 4.78 is 2.34. The van der Waals surface area contributed by atoms with Gasteiger partial charge in [0.1, 0.15) is 0 Å². The number of fused-ring (bicyclic) bond motifs is 1. The van der Waals surface area contributed by atoms with Crippen molar-refractivity contribution < 1.29 is 54.6 Å². The van der Waals surface area contributed by atoms with Crippen LogP contribution in [-0.2, 0) is 17.4 Å². The molecule has 0 N–H and O–H groups in total. The number of hydrogen-bond acceptors (Lipinski definition) is 3. The maximum absolute atomic E-state index is 4.30. The Morgan fingerprint density at radius 2 is 1.47 bits per heavy atom. The van der Waals surface area contributed by atoms with Crippen LogP contribution in [0, 0.1) is 0 Å². The molecule has 1 aromatic carbocycles. The van der Waals surface area contributed by atoms with E-state index in [1.807, 2.05) is 36.4 Å². The normalized spacial score (nSPS) is 8.11. The van der Waals surface area contributed by atoms with Gasteiger partial charge in [-0.3, -0.25) is 4.98 Å². The van der Waals surface area contributed by atoms with Gasteiger partial charge in [0.15, 0.2) is 0 Å². The summed E-state index contributed by atoms with van der Waals surface area (Å²) in [6, 6.07) is 13.9. The molecule has 0 aliphatic heterocycles. The number of nitrogens with zero attached hydrogens (tertiary/aromatic N) is 2. The molecule has 2 nitrogen and oxygen atoms in total. The van der Waals surface area contributed by atoms with Gasteiger partial charge in [0.05, 0.1) is 0 Å². The Labute approximate surface area is 144 Å². The van der Waals surface area contributed by atoms with Gasteiger partial charge in [-0.25, -0.2) is 0 Å². The molecule has 0 atom stereocenters. The number of benzene rings is 1. The molecule has 0 bridgehead atoms. The third-order valence-electron chi connectivity index (χ3n) is 1.85. The zero-order valence-corrected chi connectivity index (χ0v) is 14.1. The van der Waals surface area contributed by atoms with E-state index in [9.17, 15) is 0 Å². The largest absolute Gasteiger partial charge is 0.265 e. The molecule has 0 amide bonds. The number of thiazole rings is 1. The summed E-state index contributed by atoms with van der Waals surface area (Å²) in [4.78, 5) is 8.09.